The van der Waals surface area contributed by atoms with Crippen LogP contribution in [0.15, 0.2) is 36.4 Å². The van der Waals surface area contributed by atoms with Crippen molar-refractivity contribution < 1.29 is 19.2 Å². The molecule has 0 unspecified atom stereocenters. The maximum atomic E-state index is 11.9. The first-order valence-corrected chi connectivity index (χ1v) is 8.02. The van der Waals surface area contributed by atoms with E-state index < -0.39 is 23.3 Å². The molecule has 136 valence electrons. The van der Waals surface area contributed by atoms with Crippen LogP contribution >= 0.6 is 34.8 Å². The second kappa shape index (κ2) is 8.70. The Balaban J connectivity index is 1.89. The zero-order chi connectivity index (χ0) is 19.3. The van der Waals surface area contributed by atoms with Crippen LogP contribution in [0.3, 0.4) is 0 Å². The SMILES string of the molecule is O=C(COc1cc(Cl)c(Cl)cc1Cl)NNC(=O)c1cccc([N+](=O)[O-])c1. The summed E-state index contributed by atoms with van der Waals surface area (Å²) in [7, 11) is 0. The summed E-state index contributed by atoms with van der Waals surface area (Å²) in [6.45, 7) is -0.465. The summed E-state index contributed by atoms with van der Waals surface area (Å²) in [5.74, 6) is -1.28. The van der Waals surface area contributed by atoms with Crippen molar-refractivity contribution in [1.82, 2.24) is 10.9 Å². The highest BCUT2D eigenvalue weighted by Gasteiger charge is 2.13. The van der Waals surface area contributed by atoms with E-state index in [1.165, 1.54) is 30.3 Å². The lowest BCUT2D eigenvalue weighted by Crippen LogP contribution is -2.43. The molecule has 0 aliphatic heterocycles. The Bertz CT molecular complexity index is 876. The van der Waals surface area contributed by atoms with Crippen molar-refractivity contribution in [2.24, 2.45) is 0 Å². The third-order valence-corrected chi connectivity index (χ3v) is 3.99. The topological polar surface area (TPSA) is 111 Å². The zero-order valence-corrected chi connectivity index (χ0v) is 15.1. The Kier molecular flexibility index (Phi) is 6.62. The number of nitro benzene ring substituents is 1. The number of ether oxygens (including phenoxy) is 1. The molecular formula is C15H10Cl3N3O5. The number of benzene rings is 2. The van der Waals surface area contributed by atoms with E-state index >= 15 is 0 Å². The van der Waals surface area contributed by atoms with Gasteiger partial charge in [0, 0.05) is 23.8 Å². The number of nitrogens with one attached hydrogen (secondary N) is 2. The van der Waals surface area contributed by atoms with Gasteiger partial charge in [-0.1, -0.05) is 40.9 Å². The minimum atomic E-state index is -0.727. The number of hydrogen-bond acceptors (Lipinski definition) is 5. The average molecular weight is 419 g/mol. The summed E-state index contributed by atoms with van der Waals surface area (Å²) in [6.07, 6.45) is 0. The van der Waals surface area contributed by atoms with Crippen LogP contribution in [0.1, 0.15) is 10.4 Å². The summed E-state index contributed by atoms with van der Waals surface area (Å²) in [5, 5.41) is 11.3. The number of halogens is 3. The van der Waals surface area contributed by atoms with Crippen molar-refractivity contribution in [1.29, 1.82) is 0 Å². The van der Waals surface area contributed by atoms with Crippen LogP contribution in [0.5, 0.6) is 5.75 Å². The molecule has 0 atom stereocenters. The second-order valence-electron chi connectivity index (χ2n) is 4.80. The van der Waals surface area contributed by atoms with Crippen molar-refractivity contribution in [2.75, 3.05) is 6.61 Å². The van der Waals surface area contributed by atoms with E-state index in [0.29, 0.717) is 0 Å². The van der Waals surface area contributed by atoms with E-state index in [4.69, 9.17) is 39.5 Å². The minimum absolute atomic E-state index is 0.00736. The van der Waals surface area contributed by atoms with E-state index in [1.54, 1.807) is 0 Å². The van der Waals surface area contributed by atoms with Gasteiger partial charge in [-0.25, -0.2) is 0 Å². The van der Waals surface area contributed by atoms with Crippen molar-refractivity contribution in [3.63, 3.8) is 0 Å². The van der Waals surface area contributed by atoms with Gasteiger partial charge < -0.3 is 4.74 Å². The molecule has 0 heterocycles. The third-order valence-electron chi connectivity index (χ3n) is 2.97. The van der Waals surface area contributed by atoms with E-state index in [0.717, 1.165) is 6.07 Å². The molecule has 0 bridgehead atoms. The van der Waals surface area contributed by atoms with E-state index in [1.807, 2.05) is 0 Å². The molecule has 0 aliphatic carbocycles. The molecule has 2 amide bonds. The summed E-state index contributed by atoms with van der Waals surface area (Å²) in [4.78, 5) is 33.7. The number of carbonyl (C=O) groups excluding carboxylic acids is 2. The molecule has 11 heteroatoms. The fraction of sp³-hybridized carbons (Fsp3) is 0.0667. The fourth-order valence-corrected chi connectivity index (χ4v) is 2.35. The molecular weight excluding hydrogens is 409 g/mol. The number of carbonyl (C=O) groups is 2. The van der Waals surface area contributed by atoms with Crippen LogP contribution in [0, 0.1) is 10.1 Å². The lowest BCUT2D eigenvalue weighted by Gasteiger charge is -2.10. The third kappa shape index (κ3) is 5.22. The summed E-state index contributed by atoms with van der Waals surface area (Å²) in [5.41, 5.74) is 3.98. The van der Waals surface area contributed by atoms with Crippen molar-refractivity contribution >= 4 is 52.3 Å². The average Bonchev–Trinajstić information content (AvgIpc) is 2.61. The molecule has 0 aromatic heterocycles. The van der Waals surface area contributed by atoms with Gasteiger partial charge in [-0.2, -0.15) is 0 Å². The highest BCUT2D eigenvalue weighted by atomic mass is 35.5. The first kappa shape index (κ1) is 19.8. The van der Waals surface area contributed by atoms with Gasteiger partial charge >= 0.3 is 0 Å². The Hall–Kier alpha value is -2.55. The van der Waals surface area contributed by atoms with Crippen molar-refractivity contribution in [2.45, 2.75) is 0 Å². The number of non-ortho nitro benzene ring substituents is 1. The lowest BCUT2D eigenvalue weighted by molar-refractivity contribution is -0.384. The van der Waals surface area contributed by atoms with E-state index in [2.05, 4.69) is 10.9 Å². The minimum Gasteiger partial charge on any atom is -0.482 e. The Morgan fingerprint density at radius 1 is 1.04 bits per heavy atom. The van der Waals surface area contributed by atoms with Gasteiger partial charge in [-0.3, -0.25) is 30.6 Å². The number of nitro groups is 1. The first-order valence-electron chi connectivity index (χ1n) is 6.89. The standard InChI is InChI=1S/C15H10Cl3N3O5/c16-10-5-12(18)13(6-11(10)17)26-7-14(22)19-20-15(23)8-2-1-3-9(4-8)21(24)25/h1-6H,7H2,(H,19,22)(H,20,23). The van der Waals surface area contributed by atoms with Gasteiger partial charge in [0.1, 0.15) is 5.75 Å². The smallest absolute Gasteiger partial charge is 0.276 e. The molecule has 2 aromatic carbocycles. The van der Waals surface area contributed by atoms with E-state index in [9.17, 15) is 19.7 Å². The van der Waals surface area contributed by atoms with Gasteiger partial charge in [-0.05, 0) is 12.1 Å². The second-order valence-corrected chi connectivity index (χ2v) is 6.02. The highest BCUT2D eigenvalue weighted by Crippen LogP contribution is 2.33. The first-order chi connectivity index (χ1) is 12.3. The Morgan fingerprint density at radius 3 is 2.42 bits per heavy atom. The molecule has 2 aromatic rings. The number of nitrogens with zero attached hydrogens (tertiary/aromatic N) is 1. The molecule has 0 aliphatic rings. The largest absolute Gasteiger partial charge is 0.482 e. The maximum absolute atomic E-state index is 11.9. The Labute approximate surface area is 162 Å². The number of rotatable bonds is 5. The van der Waals surface area contributed by atoms with Crippen LogP contribution < -0.4 is 15.6 Å². The predicted molar refractivity (Wildman–Crippen MR) is 95.7 cm³/mol. The van der Waals surface area contributed by atoms with Crippen LogP contribution in [0.2, 0.25) is 15.1 Å². The molecule has 2 rings (SSSR count). The van der Waals surface area contributed by atoms with Crippen molar-refractivity contribution in [3.8, 4) is 5.75 Å². The lowest BCUT2D eigenvalue weighted by atomic mass is 10.2. The zero-order valence-electron chi connectivity index (χ0n) is 12.8. The molecule has 8 nitrogen and oxygen atoms in total. The molecule has 0 radical (unpaired) electrons. The van der Waals surface area contributed by atoms with Gasteiger partial charge in [0.2, 0.25) is 0 Å². The summed E-state index contributed by atoms with van der Waals surface area (Å²) in [6, 6.07) is 7.74. The van der Waals surface area contributed by atoms with Crippen LogP contribution in [0.4, 0.5) is 5.69 Å². The molecule has 0 spiro atoms. The maximum Gasteiger partial charge on any atom is 0.276 e. The van der Waals surface area contributed by atoms with Crippen LogP contribution in [0.25, 0.3) is 0 Å². The molecule has 26 heavy (non-hydrogen) atoms. The molecule has 0 fully saturated rings. The quantitative estimate of drug-likeness (QED) is 0.439. The molecule has 0 saturated carbocycles. The van der Waals surface area contributed by atoms with Crippen LogP contribution in [-0.4, -0.2) is 23.3 Å². The highest BCUT2D eigenvalue weighted by molar-refractivity contribution is 6.43. The van der Waals surface area contributed by atoms with Gasteiger partial charge in [0.25, 0.3) is 17.5 Å². The fourth-order valence-electron chi connectivity index (χ4n) is 1.75. The van der Waals surface area contributed by atoms with Gasteiger partial charge in [0.15, 0.2) is 6.61 Å². The Morgan fingerprint density at radius 2 is 1.73 bits per heavy atom. The van der Waals surface area contributed by atoms with Crippen molar-refractivity contribution in [3.05, 3.63) is 67.1 Å². The van der Waals surface area contributed by atoms with Gasteiger partial charge in [-0.15, -0.1) is 0 Å². The summed E-state index contributed by atoms with van der Waals surface area (Å²) < 4.78 is 5.20. The molecule has 0 saturated heterocycles. The molecule has 2 N–H and O–H groups in total. The number of hydrogen-bond donors (Lipinski definition) is 2. The van der Waals surface area contributed by atoms with Gasteiger partial charge in [0.05, 0.1) is 20.0 Å². The predicted octanol–water partition coefficient (Wildman–Crippen LogP) is 3.40. The summed E-state index contributed by atoms with van der Waals surface area (Å²) >= 11 is 17.5. The van der Waals surface area contributed by atoms with Crippen LogP contribution in [-0.2, 0) is 4.79 Å². The number of hydrazine groups is 1. The van der Waals surface area contributed by atoms with E-state index in [-0.39, 0.29) is 32.1 Å². The number of amides is 2. The monoisotopic (exact) mass is 417 g/mol. The normalized spacial score (nSPS) is 10.1.